The molecular formula is C10H19NO2. The lowest BCUT2D eigenvalue weighted by Crippen LogP contribution is -2.21. The predicted molar refractivity (Wildman–Crippen MR) is 53.3 cm³/mol. The Kier molecular flexibility index (Phi) is 6.02. The van der Waals surface area contributed by atoms with Crippen LogP contribution < -0.4 is 0 Å². The van der Waals surface area contributed by atoms with E-state index in [2.05, 4.69) is 0 Å². The Morgan fingerprint density at radius 3 is 2.38 bits per heavy atom. The zero-order valence-corrected chi connectivity index (χ0v) is 8.96. The normalized spacial score (nSPS) is 11.2. The van der Waals surface area contributed by atoms with Gasteiger partial charge in [0.1, 0.15) is 5.70 Å². The van der Waals surface area contributed by atoms with Crippen LogP contribution in [0.5, 0.6) is 0 Å². The van der Waals surface area contributed by atoms with Crippen molar-refractivity contribution < 1.29 is 9.53 Å². The molecule has 0 aliphatic rings. The van der Waals surface area contributed by atoms with Crippen LogP contribution in [-0.2, 0) is 9.53 Å². The molecule has 0 unspecified atom stereocenters. The number of esters is 1. The van der Waals surface area contributed by atoms with Gasteiger partial charge in [0, 0.05) is 14.1 Å². The summed E-state index contributed by atoms with van der Waals surface area (Å²) in [5, 5.41) is 0. The molecule has 76 valence electrons. The SMILES string of the molecule is CCC=C(C(=O)OCCC)N(C)C. The highest BCUT2D eigenvalue weighted by Gasteiger charge is 2.11. The molecule has 0 rings (SSSR count). The van der Waals surface area contributed by atoms with Crippen LogP contribution in [0.1, 0.15) is 26.7 Å². The van der Waals surface area contributed by atoms with Crippen LogP contribution in [0.3, 0.4) is 0 Å². The summed E-state index contributed by atoms with van der Waals surface area (Å²) in [6.07, 6.45) is 3.57. The maximum Gasteiger partial charge on any atom is 0.354 e. The molecule has 0 fully saturated rings. The molecule has 0 aromatic heterocycles. The average Bonchev–Trinajstić information content (AvgIpc) is 2.09. The lowest BCUT2D eigenvalue weighted by Gasteiger charge is -2.15. The van der Waals surface area contributed by atoms with Gasteiger partial charge >= 0.3 is 5.97 Å². The van der Waals surface area contributed by atoms with E-state index in [9.17, 15) is 4.79 Å². The standard InChI is InChI=1S/C10H19NO2/c1-5-7-9(11(3)4)10(12)13-8-6-2/h7H,5-6,8H2,1-4H3. The Labute approximate surface area is 80.4 Å². The third-order valence-electron chi connectivity index (χ3n) is 1.53. The Morgan fingerprint density at radius 1 is 1.38 bits per heavy atom. The van der Waals surface area contributed by atoms with E-state index < -0.39 is 0 Å². The molecule has 3 heteroatoms. The van der Waals surface area contributed by atoms with Gasteiger partial charge in [-0.1, -0.05) is 19.9 Å². The highest BCUT2D eigenvalue weighted by molar-refractivity contribution is 5.87. The van der Waals surface area contributed by atoms with Gasteiger partial charge in [0.15, 0.2) is 0 Å². The van der Waals surface area contributed by atoms with Crippen LogP contribution in [0.25, 0.3) is 0 Å². The van der Waals surface area contributed by atoms with E-state index in [0.29, 0.717) is 12.3 Å². The first kappa shape index (κ1) is 12.0. The molecule has 0 aliphatic carbocycles. The predicted octanol–water partition coefficient (Wildman–Crippen LogP) is 1.80. The minimum absolute atomic E-state index is 0.228. The maximum atomic E-state index is 11.4. The number of likely N-dealkylation sites (N-methyl/N-ethyl adjacent to an activating group) is 1. The molecule has 0 radical (unpaired) electrons. The van der Waals surface area contributed by atoms with Crippen LogP contribution in [0.2, 0.25) is 0 Å². The number of carbonyl (C=O) groups is 1. The number of hydrogen-bond acceptors (Lipinski definition) is 3. The summed E-state index contributed by atoms with van der Waals surface area (Å²) in [6.45, 7) is 4.47. The third-order valence-corrected chi connectivity index (χ3v) is 1.53. The molecule has 0 saturated carbocycles. The number of hydrogen-bond donors (Lipinski definition) is 0. The summed E-state index contributed by atoms with van der Waals surface area (Å²) in [5.74, 6) is -0.228. The van der Waals surface area contributed by atoms with Gasteiger partial charge in [0.05, 0.1) is 6.61 Å². The molecule has 0 aromatic rings. The van der Waals surface area contributed by atoms with E-state index in [1.165, 1.54) is 0 Å². The molecular weight excluding hydrogens is 166 g/mol. The molecule has 0 heterocycles. The van der Waals surface area contributed by atoms with Crippen LogP contribution >= 0.6 is 0 Å². The van der Waals surface area contributed by atoms with E-state index in [0.717, 1.165) is 12.8 Å². The van der Waals surface area contributed by atoms with E-state index in [-0.39, 0.29) is 5.97 Å². The minimum Gasteiger partial charge on any atom is -0.461 e. The van der Waals surface area contributed by atoms with Crippen LogP contribution in [0.15, 0.2) is 11.8 Å². The van der Waals surface area contributed by atoms with Crippen molar-refractivity contribution in [3.63, 3.8) is 0 Å². The van der Waals surface area contributed by atoms with Crippen LogP contribution in [0.4, 0.5) is 0 Å². The van der Waals surface area contributed by atoms with Crippen molar-refractivity contribution in [2.45, 2.75) is 26.7 Å². The molecule has 0 bridgehead atoms. The monoisotopic (exact) mass is 185 g/mol. The third kappa shape index (κ3) is 4.55. The Balaban J connectivity index is 4.21. The fourth-order valence-corrected chi connectivity index (χ4v) is 0.911. The van der Waals surface area contributed by atoms with E-state index >= 15 is 0 Å². The number of carbonyl (C=O) groups excluding carboxylic acids is 1. The fraction of sp³-hybridized carbons (Fsp3) is 0.700. The van der Waals surface area contributed by atoms with E-state index in [4.69, 9.17) is 4.74 Å². The van der Waals surface area contributed by atoms with Crippen molar-refractivity contribution in [2.24, 2.45) is 0 Å². The zero-order chi connectivity index (χ0) is 10.3. The number of allylic oxidation sites excluding steroid dienone is 1. The van der Waals surface area contributed by atoms with Gasteiger partial charge in [-0.25, -0.2) is 4.79 Å². The molecule has 0 saturated heterocycles. The van der Waals surface area contributed by atoms with Gasteiger partial charge in [-0.05, 0) is 12.8 Å². The highest BCUT2D eigenvalue weighted by Crippen LogP contribution is 2.03. The number of nitrogens with zero attached hydrogens (tertiary/aromatic N) is 1. The number of ether oxygens (including phenoxy) is 1. The molecule has 3 nitrogen and oxygen atoms in total. The minimum atomic E-state index is -0.228. The summed E-state index contributed by atoms with van der Waals surface area (Å²) in [4.78, 5) is 13.2. The molecule has 13 heavy (non-hydrogen) atoms. The van der Waals surface area contributed by atoms with Gasteiger partial charge in [-0.3, -0.25) is 0 Å². The molecule has 0 aliphatic heterocycles. The molecule has 0 aromatic carbocycles. The second-order valence-corrected chi connectivity index (χ2v) is 3.03. The Morgan fingerprint density at radius 2 is 2.00 bits per heavy atom. The fourth-order valence-electron chi connectivity index (χ4n) is 0.911. The van der Waals surface area contributed by atoms with Crippen molar-refractivity contribution in [3.05, 3.63) is 11.8 Å². The molecule has 0 N–H and O–H groups in total. The Bertz CT molecular complexity index is 185. The van der Waals surface area contributed by atoms with Crippen molar-refractivity contribution in [3.8, 4) is 0 Å². The summed E-state index contributed by atoms with van der Waals surface area (Å²) >= 11 is 0. The van der Waals surface area contributed by atoms with Crippen LogP contribution in [-0.4, -0.2) is 31.6 Å². The van der Waals surface area contributed by atoms with Crippen molar-refractivity contribution in [1.29, 1.82) is 0 Å². The van der Waals surface area contributed by atoms with Gasteiger partial charge < -0.3 is 9.64 Å². The van der Waals surface area contributed by atoms with Gasteiger partial charge in [-0.15, -0.1) is 0 Å². The second kappa shape index (κ2) is 6.52. The second-order valence-electron chi connectivity index (χ2n) is 3.03. The first-order chi connectivity index (χ1) is 6.13. The largest absolute Gasteiger partial charge is 0.461 e. The number of rotatable bonds is 5. The average molecular weight is 185 g/mol. The van der Waals surface area contributed by atoms with Crippen LogP contribution in [0, 0.1) is 0 Å². The van der Waals surface area contributed by atoms with Crippen molar-refractivity contribution in [1.82, 2.24) is 4.90 Å². The van der Waals surface area contributed by atoms with E-state index in [1.54, 1.807) is 4.90 Å². The summed E-state index contributed by atoms with van der Waals surface area (Å²) in [7, 11) is 3.68. The topological polar surface area (TPSA) is 29.5 Å². The summed E-state index contributed by atoms with van der Waals surface area (Å²) in [6, 6.07) is 0. The first-order valence-electron chi connectivity index (χ1n) is 4.68. The molecule has 0 amide bonds. The maximum absolute atomic E-state index is 11.4. The van der Waals surface area contributed by atoms with Crippen molar-refractivity contribution >= 4 is 5.97 Å². The van der Waals surface area contributed by atoms with Gasteiger partial charge in [-0.2, -0.15) is 0 Å². The highest BCUT2D eigenvalue weighted by atomic mass is 16.5. The lowest BCUT2D eigenvalue weighted by molar-refractivity contribution is -0.140. The summed E-state index contributed by atoms with van der Waals surface area (Å²) in [5.41, 5.74) is 0.635. The van der Waals surface area contributed by atoms with Gasteiger partial charge in [0.2, 0.25) is 0 Å². The lowest BCUT2D eigenvalue weighted by atomic mass is 10.3. The van der Waals surface area contributed by atoms with Crippen molar-refractivity contribution in [2.75, 3.05) is 20.7 Å². The molecule has 0 spiro atoms. The quantitative estimate of drug-likeness (QED) is 0.483. The molecule has 0 atom stereocenters. The summed E-state index contributed by atoms with van der Waals surface area (Å²) < 4.78 is 5.02. The smallest absolute Gasteiger partial charge is 0.354 e. The Hall–Kier alpha value is -0.990. The zero-order valence-electron chi connectivity index (χ0n) is 8.96. The first-order valence-corrected chi connectivity index (χ1v) is 4.68. The van der Waals surface area contributed by atoms with Gasteiger partial charge in [0.25, 0.3) is 0 Å². The van der Waals surface area contributed by atoms with E-state index in [1.807, 2.05) is 34.0 Å².